The van der Waals surface area contributed by atoms with Gasteiger partial charge in [-0.05, 0) is 50.0 Å². The summed E-state index contributed by atoms with van der Waals surface area (Å²) >= 11 is 0. The Morgan fingerprint density at radius 2 is 2.07 bits per heavy atom. The van der Waals surface area contributed by atoms with E-state index in [-0.39, 0.29) is 5.78 Å². The van der Waals surface area contributed by atoms with Crippen LogP contribution in [0.5, 0.6) is 11.6 Å². The van der Waals surface area contributed by atoms with Gasteiger partial charge in [0.15, 0.2) is 5.78 Å². The Morgan fingerprint density at radius 1 is 1.19 bits per heavy atom. The van der Waals surface area contributed by atoms with Crippen molar-refractivity contribution in [3.05, 3.63) is 47.7 Å². The molecule has 0 spiro atoms. The van der Waals surface area contributed by atoms with Crippen molar-refractivity contribution >= 4 is 11.4 Å². The summed E-state index contributed by atoms with van der Waals surface area (Å²) in [4.78, 5) is 25.0. The van der Waals surface area contributed by atoms with Gasteiger partial charge in [-0.2, -0.15) is 4.98 Å². The molecule has 2 heterocycles. The molecule has 27 heavy (non-hydrogen) atoms. The quantitative estimate of drug-likeness (QED) is 0.780. The van der Waals surface area contributed by atoms with Crippen LogP contribution in [0.3, 0.4) is 0 Å². The number of methoxy groups -OCH3 is 1. The average Bonchev–Trinajstić information content (AvgIpc) is 3.46. The molecule has 0 amide bonds. The lowest BCUT2D eigenvalue weighted by atomic mass is 9.94. The number of hydrogen-bond donors (Lipinski definition) is 0. The number of carbonyl (C=O) groups excluding carboxylic acids is 1. The zero-order chi connectivity index (χ0) is 18.8. The van der Waals surface area contributed by atoms with Gasteiger partial charge in [0.25, 0.3) is 0 Å². The molecule has 6 heteroatoms. The third-order valence-corrected chi connectivity index (χ3v) is 5.16. The summed E-state index contributed by atoms with van der Waals surface area (Å²) in [5.74, 6) is 3.02. The second kappa shape index (κ2) is 7.47. The van der Waals surface area contributed by atoms with Crippen LogP contribution in [-0.4, -0.2) is 34.5 Å². The molecule has 0 bridgehead atoms. The second-order valence-electron chi connectivity index (χ2n) is 7.16. The SMILES string of the molecule is COc1ccc([C@H]2C[C@@H]2COc2nc(C)ncc2C2=CC(=O)CCC2)nc1. The van der Waals surface area contributed by atoms with Crippen molar-refractivity contribution < 1.29 is 14.3 Å². The van der Waals surface area contributed by atoms with Crippen molar-refractivity contribution in [1.82, 2.24) is 15.0 Å². The fourth-order valence-electron chi connectivity index (χ4n) is 3.50. The summed E-state index contributed by atoms with van der Waals surface area (Å²) in [6.45, 7) is 2.43. The third kappa shape index (κ3) is 3.99. The van der Waals surface area contributed by atoms with Gasteiger partial charge in [-0.15, -0.1) is 0 Å². The zero-order valence-electron chi connectivity index (χ0n) is 15.6. The van der Waals surface area contributed by atoms with Crippen LogP contribution in [0, 0.1) is 12.8 Å². The Balaban J connectivity index is 1.44. The number of aryl methyl sites for hydroxylation is 1. The minimum Gasteiger partial charge on any atom is -0.495 e. The maximum Gasteiger partial charge on any atom is 0.224 e. The largest absolute Gasteiger partial charge is 0.495 e. The standard InChI is InChI=1S/C21H23N3O3/c1-13-22-11-19(14-4-3-5-16(25)8-14)21(24-13)27-12-15-9-18(15)20-7-6-17(26-2)10-23-20/h6-8,10-11,15,18H,3-5,9,12H2,1-2H3/t15-,18+/m1/s1. The van der Waals surface area contributed by atoms with Gasteiger partial charge in [0.2, 0.25) is 5.88 Å². The normalized spacial score (nSPS) is 21.6. The Morgan fingerprint density at radius 3 is 2.81 bits per heavy atom. The van der Waals surface area contributed by atoms with E-state index >= 15 is 0 Å². The molecular weight excluding hydrogens is 342 g/mol. The van der Waals surface area contributed by atoms with Crippen molar-refractivity contribution in [2.24, 2.45) is 5.92 Å². The van der Waals surface area contributed by atoms with Gasteiger partial charge in [0.05, 0.1) is 25.5 Å². The van der Waals surface area contributed by atoms with Gasteiger partial charge in [-0.1, -0.05) is 0 Å². The first-order valence-electron chi connectivity index (χ1n) is 9.34. The van der Waals surface area contributed by atoms with E-state index in [1.165, 1.54) is 0 Å². The molecule has 0 aliphatic heterocycles. The smallest absolute Gasteiger partial charge is 0.224 e. The first kappa shape index (κ1) is 17.6. The molecule has 0 aromatic carbocycles. The summed E-state index contributed by atoms with van der Waals surface area (Å²) in [7, 11) is 1.64. The van der Waals surface area contributed by atoms with Crippen LogP contribution in [0.15, 0.2) is 30.6 Å². The first-order chi connectivity index (χ1) is 13.1. The van der Waals surface area contributed by atoms with Crippen LogP contribution in [0.1, 0.15) is 48.7 Å². The number of carbonyl (C=O) groups is 1. The van der Waals surface area contributed by atoms with E-state index in [0.29, 0.717) is 36.6 Å². The second-order valence-corrected chi connectivity index (χ2v) is 7.16. The van der Waals surface area contributed by atoms with Crippen molar-refractivity contribution in [1.29, 1.82) is 0 Å². The highest BCUT2D eigenvalue weighted by atomic mass is 16.5. The zero-order valence-corrected chi connectivity index (χ0v) is 15.6. The number of aromatic nitrogens is 3. The van der Waals surface area contributed by atoms with E-state index in [9.17, 15) is 4.79 Å². The molecule has 0 saturated heterocycles. The van der Waals surface area contributed by atoms with Crippen LogP contribution in [0.25, 0.3) is 5.57 Å². The number of pyridine rings is 1. The molecule has 1 fully saturated rings. The highest BCUT2D eigenvalue weighted by molar-refractivity contribution is 5.98. The maximum atomic E-state index is 11.8. The number of hydrogen-bond acceptors (Lipinski definition) is 6. The predicted molar refractivity (Wildman–Crippen MR) is 101 cm³/mol. The number of nitrogens with zero attached hydrogens (tertiary/aromatic N) is 3. The van der Waals surface area contributed by atoms with Gasteiger partial charge in [-0.25, -0.2) is 4.98 Å². The van der Waals surface area contributed by atoms with Gasteiger partial charge in [0.1, 0.15) is 11.6 Å². The average molecular weight is 365 g/mol. The van der Waals surface area contributed by atoms with Crippen molar-refractivity contribution in [3.8, 4) is 11.6 Å². The van der Waals surface area contributed by atoms with Crippen LogP contribution in [-0.2, 0) is 4.79 Å². The summed E-state index contributed by atoms with van der Waals surface area (Å²) in [6, 6.07) is 3.96. The molecule has 140 valence electrons. The fourth-order valence-corrected chi connectivity index (χ4v) is 3.50. The fraction of sp³-hybridized carbons (Fsp3) is 0.429. The molecule has 0 N–H and O–H groups in total. The number of rotatable bonds is 6. The van der Waals surface area contributed by atoms with Crippen LogP contribution in [0.2, 0.25) is 0 Å². The highest BCUT2D eigenvalue weighted by Crippen LogP contribution is 2.47. The molecule has 2 aromatic rings. The summed E-state index contributed by atoms with van der Waals surface area (Å²) in [6.07, 6.45) is 8.64. The Hall–Kier alpha value is -2.76. The number of allylic oxidation sites excluding steroid dienone is 2. The van der Waals surface area contributed by atoms with E-state index in [2.05, 4.69) is 15.0 Å². The van der Waals surface area contributed by atoms with E-state index < -0.39 is 0 Å². The molecule has 0 radical (unpaired) electrons. The van der Waals surface area contributed by atoms with Crippen molar-refractivity contribution in [3.63, 3.8) is 0 Å². The Labute approximate surface area is 158 Å². The van der Waals surface area contributed by atoms with E-state index in [1.54, 1.807) is 25.6 Å². The Bertz CT molecular complexity index is 877. The minimum absolute atomic E-state index is 0.163. The van der Waals surface area contributed by atoms with E-state index in [1.807, 2.05) is 19.1 Å². The first-order valence-corrected chi connectivity index (χ1v) is 9.34. The third-order valence-electron chi connectivity index (χ3n) is 5.16. The predicted octanol–water partition coefficient (Wildman–Crippen LogP) is 3.51. The highest BCUT2D eigenvalue weighted by Gasteiger charge is 2.40. The topological polar surface area (TPSA) is 74.2 Å². The summed E-state index contributed by atoms with van der Waals surface area (Å²) < 4.78 is 11.2. The molecular formula is C21H23N3O3. The molecule has 2 aliphatic carbocycles. The van der Waals surface area contributed by atoms with Gasteiger partial charge < -0.3 is 9.47 Å². The van der Waals surface area contributed by atoms with Gasteiger partial charge >= 0.3 is 0 Å². The number of ketones is 1. The molecule has 2 aromatic heterocycles. The molecule has 1 saturated carbocycles. The molecule has 4 rings (SSSR count). The van der Waals surface area contributed by atoms with Crippen LogP contribution in [0.4, 0.5) is 0 Å². The lowest BCUT2D eigenvalue weighted by Gasteiger charge is -2.15. The molecule has 6 nitrogen and oxygen atoms in total. The lowest BCUT2D eigenvalue weighted by molar-refractivity contribution is -0.114. The van der Waals surface area contributed by atoms with Gasteiger partial charge in [0, 0.05) is 30.1 Å². The van der Waals surface area contributed by atoms with Gasteiger partial charge in [-0.3, -0.25) is 9.78 Å². The van der Waals surface area contributed by atoms with E-state index in [4.69, 9.17) is 9.47 Å². The summed E-state index contributed by atoms with van der Waals surface area (Å²) in [5.41, 5.74) is 2.89. The molecule has 0 unspecified atom stereocenters. The van der Waals surface area contributed by atoms with Crippen LogP contribution >= 0.6 is 0 Å². The molecule has 2 aliphatic rings. The van der Waals surface area contributed by atoms with Crippen molar-refractivity contribution in [2.45, 2.75) is 38.5 Å². The number of ether oxygens (including phenoxy) is 2. The summed E-state index contributed by atoms with van der Waals surface area (Å²) in [5, 5.41) is 0. The molecule has 2 atom stereocenters. The monoisotopic (exact) mass is 365 g/mol. The van der Waals surface area contributed by atoms with Crippen molar-refractivity contribution in [2.75, 3.05) is 13.7 Å². The lowest BCUT2D eigenvalue weighted by Crippen LogP contribution is -2.09. The minimum atomic E-state index is 0.163. The van der Waals surface area contributed by atoms with Crippen LogP contribution < -0.4 is 9.47 Å². The Kier molecular flexibility index (Phi) is 4.88. The maximum absolute atomic E-state index is 11.8. The van der Waals surface area contributed by atoms with E-state index in [0.717, 1.165) is 41.8 Å².